The zero-order chi connectivity index (χ0) is 16.5. The molecule has 0 aliphatic heterocycles. The predicted octanol–water partition coefficient (Wildman–Crippen LogP) is 4.68. The molecule has 0 saturated heterocycles. The van der Waals surface area contributed by atoms with Gasteiger partial charge in [0, 0.05) is 6.23 Å². The Balaban J connectivity index is 3.22. The third kappa shape index (κ3) is 4.23. The lowest BCUT2D eigenvalue weighted by molar-refractivity contribution is -0.272. The fourth-order valence-electron chi connectivity index (χ4n) is 1.86. The Hall–Kier alpha value is -1.01. The first-order chi connectivity index (χ1) is 9.40. The van der Waals surface area contributed by atoms with E-state index in [2.05, 4.69) is 0 Å². The third-order valence-corrected chi connectivity index (χ3v) is 4.29. The van der Waals surface area contributed by atoms with E-state index >= 15 is 0 Å². The molecule has 0 N–H and O–H groups in total. The Kier molecular flexibility index (Phi) is 5.16. The van der Waals surface area contributed by atoms with Crippen LogP contribution in [0.4, 0.5) is 13.2 Å². The topological polar surface area (TPSA) is 18.5 Å². The van der Waals surface area contributed by atoms with Crippen molar-refractivity contribution in [2.24, 2.45) is 0 Å². The fourth-order valence-corrected chi connectivity index (χ4v) is 2.59. The van der Waals surface area contributed by atoms with Crippen LogP contribution in [0.3, 0.4) is 0 Å². The van der Waals surface area contributed by atoms with Gasteiger partial charge in [-0.2, -0.15) is 13.2 Å². The molecule has 1 atom stereocenters. The molecule has 2 nitrogen and oxygen atoms in total. The monoisotopic (exact) mass is 320 g/mol. The number of rotatable bonds is 5. The quantitative estimate of drug-likeness (QED) is 0.734. The minimum Gasteiger partial charge on any atom is -0.496 e. The number of benzene rings is 1. The van der Waals surface area contributed by atoms with Crippen LogP contribution in [0.25, 0.3) is 0 Å². The molecule has 0 bridgehead atoms. The van der Waals surface area contributed by atoms with Crippen molar-refractivity contribution in [2.75, 3.05) is 13.3 Å². The predicted molar refractivity (Wildman–Crippen MR) is 80.4 cm³/mol. The number of hydrogen-bond donors (Lipinski definition) is 0. The minimum atomic E-state index is -4.48. The van der Waals surface area contributed by atoms with Gasteiger partial charge >= 0.3 is 6.18 Å². The maximum Gasteiger partial charge on any atom is 0.421 e. The van der Waals surface area contributed by atoms with Crippen LogP contribution >= 0.6 is 0 Å². The van der Waals surface area contributed by atoms with Gasteiger partial charge in [0.1, 0.15) is 5.75 Å². The fraction of sp³-hybridized carbons (Fsp3) is 0.600. The molecule has 1 aromatic rings. The second kappa shape index (κ2) is 6.00. The van der Waals surface area contributed by atoms with Crippen molar-refractivity contribution in [3.8, 4) is 5.75 Å². The van der Waals surface area contributed by atoms with E-state index in [0.717, 1.165) is 6.92 Å². The van der Waals surface area contributed by atoms with Crippen molar-refractivity contribution in [2.45, 2.75) is 45.3 Å². The molecule has 0 aliphatic carbocycles. The van der Waals surface area contributed by atoms with E-state index < -0.39 is 19.9 Å². The lowest BCUT2D eigenvalue weighted by Crippen LogP contribution is -2.45. The molecule has 1 aromatic carbocycles. The lowest BCUT2D eigenvalue weighted by atomic mass is 9.93. The van der Waals surface area contributed by atoms with Crippen LogP contribution < -0.4 is 4.74 Å². The van der Waals surface area contributed by atoms with Crippen LogP contribution in [0.5, 0.6) is 5.75 Å². The molecule has 0 aliphatic rings. The average molecular weight is 320 g/mol. The van der Waals surface area contributed by atoms with E-state index in [-0.39, 0.29) is 11.8 Å². The highest BCUT2D eigenvalue weighted by molar-refractivity contribution is 6.76. The molecule has 0 saturated carbocycles. The summed E-state index contributed by atoms with van der Waals surface area (Å²) < 4.78 is 51.1. The third-order valence-electron chi connectivity index (χ3n) is 3.28. The number of ether oxygens (including phenoxy) is 2. The van der Waals surface area contributed by atoms with Crippen LogP contribution in [0.15, 0.2) is 18.2 Å². The van der Waals surface area contributed by atoms with Crippen LogP contribution in [0, 0.1) is 6.92 Å². The second-order valence-electron chi connectivity index (χ2n) is 6.56. The number of hydrogen-bond acceptors (Lipinski definition) is 2. The lowest BCUT2D eigenvalue weighted by Gasteiger charge is -2.35. The SMILES string of the molecule is COc1ccc(C(C)(OC[Si](C)(C)C)C(F)(F)F)cc1C. The molecule has 0 amide bonds. The summed E-state index contributed by atoms with van der Waals surface area (Å²) in [5.74, 6) is 0.563. The minimum absolute atomic E-state index is 0.103. The Morgan fingerprint density at radius 1 is 1.14 bits per heavy atom. The molecule has 1 rings (SSSR count). The summed E-state index contributed by atoms with van der Waals surface area (Å²) >= 11 is 0. The molecular formula is C15H23F3O2Si. The van der Waals surface area contributed by atoms with Crippen molar-refractivity contribution in [3.63, 3.8) is 0 Å². The van der Waals surface area contributed by atoms with Gasteiger partial charge in [0.2, 0.25) is 0 Å². The van der Waals surface area contributed by atoms with Gasteiger partial charge in [0.15, 0.2) is 5.60 Å². The van der Waals surface area contributed by atoms with Gasteiger partial charge in [-0.3, -0.25) is 0 Å². The van der Waals surface area contributed by atoms with Gasteiger partial charge < -0.3 is 9.47 Å². The van der Waals surface area contributed by atoms with Gasteiger partial charge in [-0.15, -0.1) is 0 Å². The normalized spacial score (nSPS) is 15.7. The maximum atomic E-state index is 13.5. The van der Waals surface area contributed by atoms with Gasteiger partial charge in [-0.25, -0.2) is 0 Å². The van der Waals surface area contributed by atoms with Crippen molar-refractivity contribution in [1.82, 2.24) is 0 Å². The number of alkyl halides is 3. The number of halogens is 3. The van der Waals surface area contributed by atoms with Crippen LogP contribution in [0.2, 0.25) is 19.6 Å². The molecule has 120 valence electrons. The Labute approximate surface area is 125 Å². The van der Waals surface area contributed by atoms with Crippen molar-refractivity contribution < 1.29 is 22.6 Å². The Bertz CT molecular complexity index is 495. The van der Waals surface area contributed by atoms with E-state index in [1.807, 2.05) is 19.6 Å². The first kappa shape index (κ1) is 18.0. The molecule has 1 unspecified atom stereocenters. The highest BCUT2D eigenvalue weighted by Crippen LogP contribution is 2.43. The smallest absolute Gasteiger partial charge is 0.421 e. The van der Waals surface area contributed by atoms with E-state index in [1.165, 1.54) is 19.2 Å². The zero-order valence-corrected chi connectivity index (χ0v) is 14.4. The molecule has 0 aromatic heterocycles. The summed E-state index contributed by atoms with van der Waals surface area (Å²) in [6.07, 6.45) is -4.33. The van der Waals surface area contributed by atoms with Crippen LogP contribution in [0.1, 0.15) is 18.1 Å². The summed E-state index contributed by atoms with van der Waals surface area (Å²) in [5, 5.41) is 0. The van der Waals surface area contributed by atoms with Crippen LogP contribution in [-0.2, 0) is 10.3 Å². The molecule has 0 spiro atoms. The van der Waals surface area contributed by atoms with Gasteiger partial charge in [0.25, 0.3) is 0 Å². The molecule has 21 heavy (non-hydrogen) atoms. The second-order valence-corrected chi connectivity index (χ2v) is 12.0. The first-order valence-electron chi connectivity index (χ1n) is 6.76. The van der Waals surface area contributed by atoms with E-state index in [1.54, 1.807) is 13.0 Å². The molecule has 0 heterocycles. The van der Waals surface area contributed by atoms with Gasteiger partial charge in [-0.05, 0) is 37.1 Å². The van der Waals surface area contributed by atoms with E-state index in [4.69, 9.17) is 9.47 Å². The van der Waals surface area contributed by atoms with Crippen LogP contribution in [-0.4, -0.2) is 27.6 Å². The van der Waals surface area contributed by atoms with Crippen molar-refractivity contribution in [3.05, 3.63) is 29.3 Å². The summed E-state index contributed by atoms with van der Waals surface area (Å²) in [5.41, 5.74) is -1.54. The molecular weight excluding hydrogens is 297 g/mol. The van der Waals surface area contributed by atoms with Crippen molar-refractivity contribution in [1.29, 1.82) is 0 Å². The largest absolute Gasteiger partial charge is 0.496 e. The zero-order valence-electron chi connectivity index (χ0n) is 13.4. The summed E-state index contributed by atoms with van der Waals surface area (Å²) in [6, 6.07) is 4.45. The highest BCUT2D eigenvalue weighted by Gasteiger charge is 2.54. The number of aryl methyl sites for hydroxylation is 1. The number of methoxy groups -OCH3 is 1. The molecule has 6 heteroatoms. The Morgan fingerprint density at radius 2 is 1.71 bits per heavy atom. The first-order valence-corrected chi connectivity index (χ1v) is 10.5. The molecule has 0 fully saturated rings. The molecule has 0 radical (unpaired) electrons. The maximum absolute atomic E-state index is 13.5. The van der Waals surface area contributed by atoms with Gasteiger partial charge in [0.05, 0.1) is 15.2 Å². The van der Waals surface area contributed by atoms with E-state index in [0.29, 0.717) is 11.3 Å². The summed E-state index contributed by atoms with van der Waals surface area (Å²) in [7, 11) is -0.264. The highest BCUT2D eigenvalue weighted by atomic mass is 28.3. The standard InChI is InChI=1S/C15H23F3O2Si/c1-11-9-12(7-8-13(11)19-3)14(2,15(16,17)18)20-10-21(4,5)6/h7-9H,10H2,1-6H3. The van der Waals surface area contributed by atoms with E-state index in [9.17, 15) is 13.2 Å². The Morgan fingerprint density at radius 3 is 2.10 bits per heavy atom. The van der Waals surface area contributed by atoms with Gasteiger partial charge in [-0.1, -0.05) is 25.7 Å². The van der Waals surface area contributed by atoms with Crippen molar-refractivity contribution >= 4 is 8.07 Å². The average Bonchev–Trinajstić information content (AvgIpc) is 2.33. The summed E-state index contributed by atoms with van der Waals surface area (Å²) in [6.45, 7) is 8.74. The summed E-state index contributed by atoms with van der Waals surface area (Å²) in [4.78, 5) is 0.